The van der Waals surface area contributed by atoms with E-state index in [-0.39, 0.29) is 22.2 Å². The van der Waals surface area contributed by atoms with Crippen LogP contribution in [0.25, 0.3) is 11.8 Å². The molecule has 0 spiro atoms. The molecule has 0 fully saturated rings. The molecule has 1 aromatic heterocycles. The molecule has 0 bridgehead atoms. The molecule has 162 valence electrons. The number of allylic oxidation sites excluding steroid dienone is 2. The van der Waals surface area contributed by atoms with E-state index in [2.05, 4.69) is 5.32 Å². The van der Waals surface area contributed by atoms with E-state index in [9.17, 15) is 20.1 Å². The third-order valence-electron chi connectivity index (χ3n) is 4.84. The van der Waals surface area contributed by atoms with Crippen molar-refractivity contribution in [2.24, 2.45) is 7.05 Å². The van der Waals surface area contributed by atoms with Gasteiger partial charge in [0, 0.05) is 7.05 Å². The Morgan fingerprint density at radius 3 is 2.50 bits per heavy atom. The number of amides is 1. The molecule has 3 rings (SSSR count). The van der Waals surface area contributed by atoms with Crippen LogP contribution >= 0.6 is 0 Å². The number of carbonyl (C=O) groups excluding carboxylic acids is 1. The number of para-hydroxylation sites is 2. The molecule has 0 aliphatic carbocycles. The highest BCUT2D eigenvalue weighted by atomic mass is 16.8. The van der Waals surface area contributed by atoms with E-state index < -0.39 is 11.5 Å². The van der Waals surface area contributed by atoms with Gasteiger partial charge in [-0.2, -0.15) is 5.26 Å². The zero-order chi connectivity index (χ0) is 23.3. The summed E-state index contributed by atoms with van der Waals surface area (Å²) in [7, 11) is 1.70. The van der Waals surface area contributed by atoms with Gasteiger partial charge in [-0.05, 0) is 36.8 Å². The van der Waals surface area contributed by atoms with Gasteiger partial charge in [-0.25, -0.2) is 4.68 Å². The lowest BCUT2D eigenvalue weighted by Crippen LogP contribution is -2.23. The number of nitrogens with one attached hydrogen (secondary N) is 1. The Labute approximate surface area is 183 Å². The van der Waals surface area contributed by atoms with Crippen molar-refractivity contribution in [1.29, 1.82) is 5.26 Å². The molecule has 0 saturated heterocycles. The smallest absolute Gasteiger partial charge is 0.295 e. The van der Waals surface area contributed by atoms with Crippen LogP contribution in [0.5, 0.6) is 0 Å². The molecular weight excluding hydrogens is 410 g/mol. The van der Waals surface area contributed by atoms with Gasteiger partial charge in [0.1, 0.15) is 17.3 Å². The molecule has 0 aliphatic rings. The zero-order valence-electron chi connectivity index (χ0n) is 17.4. The van der Waals surface area contributed by atoms with Crippen molar-refractivity contribution < 1.29 is 10.0 Å². The molecule has 0 unspecified atom stereocenters. The second kappa shape index (κ2) is 9.61. The van der Waals surface area contributed by atoms with Crippen molar-refractivity contribution in [3.05, 3.63) is 99.1 Å². The molecule has 32 heavy (non-hydrogen) atoms. The summed E-state index contributed by atoms with van der Waals surface area (Å²) in [6.07, 6.45) is 4.13. The highest BCUT2D eigenvalue weighted by molar-refractivity contribution is 6.07. The standard InChI is InChI=1S/C23H20N5O4/c1-16-21(23(30)27(26(16)2)19-12-4-3-5-13-19)25-22(29)18(15-24)11-8-10-17-9-6-7-14-20(17)28(31)32/h3-14,31H,1-2H3,(H,25,29)/q-1/b10-8+,18-11+. The Hall–Kier alpha value is -4.39. The highest BCUT2D eigenvalue weighted by Crippen LogP contribution is 2.20. The van der Waals surface area contributed by atoms with Crippen LogP contribution in [0.2, 0.25) is 0 Å². The molecule has 9 heteroatoms. The Balaban J connectivity index is 1.87. The first-order valence-electron chi connectivity index (χ1n) is 9.54. The number of hydrogen-bond acceptors (Lipinski definition) is 6. The maximum absolute atomic E-state index is 12.9. The van der Waals surface area contributed by atoms with Gasteiger partial charge < -0.3 is 15.8 Å². The summed E-state index contributed by atoms with van der Waals surface area (Å²) in [4.78, 5) is 25.5. The molecule has 2 N–H and O–H groups in total. The van der Waals surface area contributed by atoms with E-state index >= 15 is 0 Å². The van der Waals surface area contributed by atoms with Crippen LogP contribution in [0.4, 0.5) is 11.4 Å². The first-order chi connectivity index (χ1) is 15.3. The fraction of sp³-hybridized carbons (Fsp3) is 0.0870. The van der Waals surface area contributed by atoms with Crippen LogP contribution in [0.3, 0.4) is 0 Å². The molecule has 1 heterocycles. The Morgan fingerprint density at radius 1 is 1.19 bits per heavy atom. The first-order valence-corrected chi connectivity index (χ1v) is 9.54. The molecule has 3 aromatic rings. The molecule has 1 amide bonds. The maximum atomic E-state index is 12.9. The number of hydrogen-bond donors (Lipinski definition) is 2. The lowest BCUT2D eigenvalue weighted by molar-refractivity contribution is -0.112. The van der Waals surface area contributed by atoms with Crippen LogP contribution in [0.15, 0.2) is 77.1 Å². The second-order valence-corrected chi connectivity index (χ2v) is 6.77. The van der Waals surface area contributed by atoms with E-state index in [4.69, 9.17) is 5.21 Å². The van der Waals surface area contributed by atoms with E-state index in [0.29, 0.717) is 16.9 Å². The third-order valence-corrected chi connectivity index (χ3v) is 4.84. The Morgan fingerprint density at radius 2 is 1.84 bits per heavy atom. The van der Waals surface area contributed by atoms with E-state index in [1.165, 1.54) is 29.0 Å². The largest absolute Gasteiger partial charge is 0.733 e. The monoisotopic (exact) mass is 430 g/mol. The predicted molar refractivity (Wildman–Crippen MR) is 121 cm³/mol. The van der Waals surface area contributed by atoms with Gasteiger partial charge in [0.25, 0.3) is 11.5 Å². The molecular formula is C23H20N5O4-. The van der Waals surface area contributed by atoms with Crippen LogP contribution in [0.1, 0.15) is 11.3 Å². The predicted octanol–water partition coefficient (Wildman–Crippen LogP) is 3.28. The number of anilines is 2. The minimum atomic E-state index is -0.746. The van der Waals surface area contributed by atoms with Crippen molar-refractivity contribution in [3.63, 3.8) is 0 Å². The van der Waals surface area contributed by atoms with Crippen LogP contribution in [-0.2, 0) is 11.8 Å². The fourth-order valence-electron chi connectivity index (χ4n) is 3.11. The molecule has 0 atom stereocenters. The van der Waals surface area contributed by atoms with E-state index in [1.807, 2.05) is 6.07 Å². The average molecular weight is 430 g/mol. The summed E-state index contributed by atoms with van der Waals surface area (Å²) >= 11 is 0. The lowest BCUT2D eigenvalue weighted by Gasteiger charge is -2.23. The summed E-state index contributed by atoms with van der Waals surface area (Å²) < 4.78 is 3.03. The van der Waals surface area contributed by atoms with Gasteiger partial charge in [0.15, 0.2) is 0 Å². The summed E-state index contributed by atoms with van der Waals surface area (Å²) in [5.41, 5.74) is 0.967. The average Bonchev–Trinajstić information content (AvgIpc) is 3.00. The minimum Gasteiger partial charge on any atom is -0.733 e. The minimum absolute atomic E-state index is 0.0153. The van der Waals surface area contributed by atoms with Crippen molar-refractivity contribution in [2.45, 2.75) is 6.92 Å². The summed E-state index contributed by atoms with van der Waals surface area (Å²) in [5, 5.41) is 32.0. The van der Waals surface area contributed by atoms with Crippen molar-refractivity contribution in [1.82, 2.24) is 9.36 Å². The molecule has 0 saturated carbocycles. The van der Waals surface area contributed by atoms with Gasteiger partial charge >= 0.3 is 0 Å². The SMILES string of the molecule is Cc1c(NC(=O)/C(C#N)=C/C=C/c2ccccc2N([O-])O)c(=O)n(-c2ccccc2)n1C. The Kier molecular flexibility index (Phi) is 6.70. The number of benzene rings is 2. The van der Waals surface area contributed by atoms with Crippen LogP contribution in [0, 0.1) is 23.5 Å². The van der Waals surface area contributed by atoms with Gasteiger partial charge in [-0.15, -0.1) is 0 Å². The zero-order valence-corrected chi connectivity index (χ0v) is 17.4. The van der Waals surface area contributed by atoms with Gasteiger partial charge in [-0.1, -0.05) is 48.6 Å². The lowest BCUT2D eigenvalue weighted by atomic mass is 10.1. The number of carbonyl (C=O) groups is 1. The number of nitrogens with zero attached hydrogens (tertiary/aromatic N) is 4. The molecule has 0 radical (unpaired) electrons. The van der Waals surface area contributed by atoms with Gasteiger partial charge in [0.05, 0.1) is 17.1 Å². The summed E-state index contributed by atoms with van der Waals surface area (Å²) in [5.74, 6) is -0.746. The topological polar surface area (TPSA) is 126 Å². The quantitative estimate of drug-likeness (QED) is 0.267. The van der Waals surface area contributed by atoms with Crippen LogP contribution in [-0.4, -0.2) is 20.5 Å². The fourth-order valence-corrected chi connectivity index (χ4v) is 3.11. The third kappa shape index (κ3) is 4.52. The van der Waals surface area contributed by atoms with Crippen molar-refractivity contribution in [2.75, 3.05) is 10.5 Å². The maximum Gasteiger partial charge on any atom is 0.295 e. The number of aromatic nitrogens is 2. The number of nitriles is 1. The Bertz CT molecular complexity index is 1290. The van der Waals surface area contributed by atoms with Gasteiger partial charge in [0.2, 0.25) is 0 Å². The molecule has 2 aromatic carbocycles. The van der Waals surface area contributed by atoms with E-state index in [0.717, 1.165) is 0 Å². The normalized spacial score (nSPS) is 11.4. The first kappa shape index (κ1) is 22.3. The van der Waals surface area contributed by atoms with Crippen LogP contribution < -0.4 is 16.1 Å². The van der Waals surface area contributed by atoms with Gasteiger partial charge in [-0.3, -0.25) is 19.5 Å². The van der Waals surface area contributed by atoms with E-state index in [1.54, 1.807) is 67.2 Å². The highest BCUT2D eigenvalue weighted by Gasteiger charge is 2.19. The second-order valence-electron chi connectivity index (χ2n) is 6.77. The number of rotatable bonds is 6. The summed E-state index contributed by atoms with van der Waals surface area (Å²) in [6.45, 7) is 1.69. The van der Waals surface area contributed by atoms with Crippen molar-refractivity contribution >= 4 is 23.4 Å². The van der Waals surface area contributed by atoms with Crippen molar-refractivity contribution in [3.8, 4) is 11.8 Å². The molecule has 9 nitrogen and oxygen atoms in total. The molecule has 0 aliphatic heterocycles. The summed E-state index contributed by atoms with van der Waals surface area (Å²) in [6, 6.07) is 17.0.